The average Bonchev–Trinajstić information content (AvgIpc) is 3.47. The largest absolute Gasteiger partial charge is 0.340 e. The van der Waals surface area contributed by atoms with Crippen molar-refractivity contribution in [3.8, 4) is 22.5 Å². The van der Waals surface area contributed by atoms with Crippen molar-refractivity contribution in [3.63, 3.8) is 0 Å². The molecule has 0 atom stereocenters. The first-order valence-electron chi connectivity index (χ1n) is 10.8. The zero-order chi connectivity index (χ0) is 22.8. The van der Waals surface area contributed by atoms with Gasteiger partial charge >= 0.3 is 0 Å². The van der Waals surface area contributed by atoms with Crippen molar-refractivity contribution in [2.24, 2.45) is 0 Å². The highest BCUT2D eigenvalue weighted by atomic mass is 32.2. The molecule has 2 aromatic heterocycles. The van der Waals surface area contributed by atoms with Crippen molar-refractivity contribution in [1.82, 2.24) is 8.54 Å². The molecule has 33 heavy (non-hydrogen) atoms. The molecule has 2 heterocycles. The van der Waals surface area contributed by atoms with Crippen LogP contribution in [0.2, 0.25) is 0 Å². The first-order valence-corrected chi connectivity index (χ1v) is 12.3. The van der Waals surface area contributed by atoms with E-state index in [0.717, 1.165) is 22.5 Å². The van der Waals surface area contributed by atoms with E-state index in [1.807, 2.05) is 48.5 Å². The van der Waals surface area contributed by atoms with E-state index in [2.05, 4.69) is 41.8 Å². The van der Waals surface area contributed by atoms with Gasteiger partial charge < -0.3 is 4.57 Å². The second-order valence-electron chi connectivity index (χ2n) is 7.97. The van der Waals surface area contributed by atoms with Gasteiger partial charge in [0, 0.05) is 29.7 Å². The molecule has 0 aliphatic carbocycles. The third kappa shape index (κ3) is 3.92. The molecule has 0 radical (unpaired) electrons. The molecule has 0 saturated heterocycles. The molecule has 0 amide bonds. The van der Waals surface area contributed by atoms with Gasteiger partial charge in [0.2, 0.25) is 0 Å². The van der Waals surface area contributed by atoms with Crippen molar-refractivity contribution in [2.75, 3.05) is 0 Å². The molecule has 5 heteroatoms. The predicted molar refractivity (Wildman–Crippen MR) is 133 cm³/mol. The summed E-state index contributed by atoms with van der Waals surface area (Å²) in [5.41, 5.74) is 5.89. The molecule has 0 N–H and O–H groups in total. The van der Waals surface area contributed by atoms with E-state index in [9.17, 15) is 8.42 Å². The van der Waals surface area contributed by atoms with E-state index in [4.69, 9.17) is 0 Å². The fourth-order valence-corrected chi connectivity index (χ4v) is 5.59. The Labute approximate surface area is 194 Å². The lowest BCUT2D eigenvalue weighted by Gasteiger charge is -2.13. The summed E-state index contributed by atoms with van der Waals surface area (Å²) < 4.78 is 30.5. The second-order valence-corrected chi connectivity index (χ2v) is 9.79. The van der Waals surface area contributed by atoms with Crippen molar-refractivity contribution >= 4 is 10.0 Å². The summed E-state index contributed by atoms with van der Waals surface area (Å²) in [6, 6.07) is 34.8. The van der Waals surface area contributed by atoms with Gasteiger partial charge in [-0.25, -0.2) is 12.4 Å². The minimum absolute atomic E-state index is 0.270. The standard InChI is InChI=1S/C28H24N2O2S/c1-22-26(27-18-11-19-30(27)33(31,32)25-16-9-4-10-17-25)20-28(24-14-7-3-8-15-24)29(22)21-23-12-5-2-6-13-23/h2-20H,21H2,1H3. The van der Waals surface area contributed by atoms with Crippen LogP contribution in [0.4, 0.5) is 0 Å². The van der Waals surface area contributed by atoms with Crippen LogP contribution < -0.4 is 0 Å². The van der Waals surface area contributed by atoms with Crippen LogP contribution in [0, 0.1) is 6.92 Å². The maximum Gasteiger partial charge on any atom is 0.268 e. The number of aromatic nitrogens is 2. The van der Waals surface area contributed by atoms with Gasteiger partial charge in [0.25, 0.3) is 10.0 Å². The van der Waals surface area contributed by atoms with Crippen molar-refractivity contribution in [2.45, 2.75) is 18.4 Å². The van der Waals surface area contributed by atoms with Gasteiger partial charge in [-0.3, -0.25) is 0 Å². The molecule has 0 aliphatic heterocycles. The molecule has 164 valence electrons. The minimum atomic E-state index is -3.71. The van der Waals surface area contributed by atoms with Gasteiger partial charge in [0.1, 0.15) is 0 Å². The molecule has 0 fully saturated rings. The summed E-state index contributed by atoms with van der Waals surface area (Å²) in [5, 5.41) is 0. The highest BCUT2D eigenvalue weighted by Gasteiger charge is 2.23. The smallest absolute Gasteiger partial charge is 0.268 e. The van der Waals surface area contributed by atoms with Gasteiger partial charge in [-0.05, 0) is 48.4 Å². The second kappa shape index (κ2) is 8.60. The summed E-state index contributed by atoms with van der Waals surface area (Å²) in [6.45, 7) is 2.75. The predicted octanol–water partition coefficient (Wildman–Crippen LogP) is 6.22. The zero-order valence-electron chi connectivity index (χ0n) is 18.3. The number of benzene rings is 3. The van der Waals surface area contributed by atoms with Crippen LogP contribution in [-0.4, -0.2) is 17.0 Å². The Morgan fingerprint density at radius 2 is 1.30 bits per heavy atom. The SMILES string of the molecule is Cc1c(-c2cccn2S(=O)(=O)c2ccccc2)cc(-c2ccccc2)n1Cc1ccccc1. The van der Waals surface area contributed by atoms with Gasteiger partial charge in [0.15, 0.2) is 0 Å². The molecular formula is C28H24N2O2S. The number of hydrogen-bond acceptors (Lipinski definition) is 2. The lowest BCUT2D eigenvalue weighted by Crippen LogP contribution is -2.13. The average molecular weight is 453 g/mol. The van der Waals surface area contributed by atoms with Gasteiger partial charge in [0.05, 0.1) is 10.6 Å². The lowest BCUT2D eigenvalue weighted by atomic mass is 10.1. The quantitative estimate of drug-likeness (QED) is 0.307. The topological polar surface area (TPSA) is 44.0 Å². The molecular weight excluding hydrogens is 428 g/mol. The highest BCUT2D eigenvalue weighted by molar-refractivity contribution is 7.90. The van der Waals surface area contributed by atoms with Crippen LogP contribution in [0.5, 0.6) is 0 Å². The Bertz CT molecular complexity index is 1480. The van der Waals surface area contributed by atoms with Crippen LogP contribution in [0.25, 0.3) is 22.5 Å². The molecule has 4 nitrogen and oxygen atoms in total. The Kier molecular flexibility index (Phi) is 5.48. The van der Waals surface area contributed by atoms with Crippen LogP contribution in [0.3, 0.4) is 0 Å². The fraction of sp³-hybridized carbons (Fsp3) is 0.0714. The Morgan fingerprint density at radius 3 is 1.97 bits per heavy atom. The maximum absolute atomic E-state index is 13.4. The first-order chi connectivity index (χ1) is 16.1. The van der Waals surface area contributed by atoms with E-state index in [0.29, 0.717) is 12.2 Å². The lowest BCUT2D eigenvalue weighted by molar-refractivity contribution is 0.588. The van der Waals surface area contributed by atoms with E-state index in [1.165, 1.54) is 9.54 Å². The normalized spacial score (nSPS) is 11.5. The summed E-state index contributed by atoms with van der Waals surface area (Å²) >= 11 is 0. The van der Waals surface area contributed by atoms with E-state index in [1.54, 1.807) is 36.5 Å². The van der Waals surface area contributed by atoms with Crippen molar-refractivity contribution < 1.29 is 8.42 Å². The van der Waals surface area contributed by atoms with E-state index < -0.39 is 10.0 Å². The zero-order valence-corrected chi connectivity index (χ0v) is 19.1. The fourth-order valence-electron chi connectivity index (χ4n) is 4.21. The van der Waals surface area contributed by atoms with E-state index in [-0.39, 0.29) is 4.90 Å². The third-order valence-electron chi connectivity index (χ3n) is 5.91. The van der Waals surface area contributed by atoms with Crippen LogP contribution in [0.1, 0.15) is 11.3 Å². The number of rotatable bonds is 6. The monoisotopic (exact) mass is 452 g/mol. The Morgan fingerprint density at radius 1 is 0.697 bits per heavy atom. The highest BCUT2D eigenvalue weighted by Crippen LogP contribution is 2.34. The first kappa shape index (κ1) is 21.0. The van der Waals surface area contributed by atoms with Crippen molar-refractivity contribution in [1.29, 1.82) is 0 Å². The van der Waals surface area contributed by atoms with E-state index >= 15 is 0 Å². The maximum atomic E-state index is 13.4. The molecule has 0 spiro atoms. The molecule has 5 aromatic rings. The molecule has 0 saturated carbocycles. The number of hydrogen-bond donors (Lipinski definition) is 0. The summed E-state index contributed by atoms with van der Waals surface area (Å²) in [7, 11) is -3.71. The Hall–Kier alpha value is -3.83. The van der Waals surface area contributed by atoms with Gasteiger partial charge in [-0.1, -0.05) is 78.9 Å². The molecule has 3 aromatic carbocycles. The molecule has 0 bridgehead atoms. The van der Waals surface area contributed by atoms with Gasteiger partial charge in [-0.2, -0.15) is 0 Å². The van der Waals surface area contributed by atoms with Crippen molar-refractivity contribution in [3.05, 3.63) is 127 Å². The van der Waals surface area contributed by atoms with Crippen LogP contribution in [-0.2, 0) is 16.6 Å². The summed E-state index contributed by atoms with van der Waals surface area (Å²) in [6.07, 6.45) is 1.62. The van der Waals surface area contributed by atoms with Gasteiger partial charge in [-0.15, -0.1) is 0 Å². The third-order valence-corrected chi connectivity index (χ3v) is 7.61. The van der Waals surface area contributed by atoms with Crippen LogP contribution >= 0.6 is 0 Å². The molecule has 0 aliphatic rings. The summed E-state index contributed by atoms with van der Waals surface area (Å²) in [5.74, 6) is 0. The number of nitrogens with zero attached hydrogens (tertiary/aromatic N) is 2. The minimum Gasteiger partial charge on any atom is -0.340 e. The molecule has 0 unspecified atom stereocenters. The molecule has 5 rings (SSSR count). The van der Waals surface area contributed by atoms with Crippen LogP contribution in [0.15, 0.2) is 120 Å². The Balaban J connectivity index is 1.68. The summed E-state index contributed by atoms with van der Waals surface area (Å²) in [4.78, 5) is 0.270.